The minimum Gasteiger partial charge on any atom is -0.357 e. The lowest BCUT2D eigenvalue weighted by molar-refractivity contribution is 0.599. The maximum Gasteiger partial charge on any atom is 0.191 e. The molecule has 0 aliphatic carbocycles. The Morgan fingerprint density at radius 3 is 2.83 bits per heavy atom. The Bertz CT molecular complexity index is 637. The number of rotatable bonds is 5. The van der Waals surface area contributed by atoms with Gasteiger partial charge in [-0.05, 0) is 37.5 Å². The molecule has 5 nitrogen and oxygen atoms in total. The second-order valence-corrected chi connectivity index (χ2v) is 7.61. The number of guanidine groups is 1. The maximum absolute atomic E-state index is 13.1. The van der Waals surface area contributed by atoms with Crippen molar-refractivity contribution in [2.24, 2.45) is 4.99 Å². The molecule has 0 bridgehead atoms. The highest BCUT2D eigenvalue weighted by atomic mass is 127. The predicted octanol–water partition coefficient (Wildman–Crippen LogP) is 1.73. The predicted molar refractivity (Wildman–Crippen MR) is 102 cm³/mol. The molecule has 1 aromatic rings. The molecule has 1 saturated heterocycles. The van der Waals surface area contributed by atoms with E-state index in [9.17, 15) is 12.8 Å². The van der Waals surface area contributed by atoms with Crippen LogP contribution in [0, 0.1) is 5.82 Å². The minimum absolute atomic E-state index is 0. The monoisotopic (exact) mass is 455 g/mol. The number of nitrogens with zero attached hydrogens (tertiary/aromatic N) is 1. The Labute approximate surface area is 154 Å². The van der Waals surface area contributed by atoms with Crippen molar-refractivity contribution in [3.63, 3.8) is 0 Å². The molecule has 130 valence electrons. The molecule has 1 aromatic carbocycles. The Balaban J connectivity index is 0.00000264. The Kier molecular flexibility index (Phi) is 8.24. The number of sulfone groups is 1. The van der Waals surface area contributed by atoms with Crippen molar-refractivity contribution in [1.29, 1.82) is 0 Å². The highest BCUT2D eigenvalue weighted by Crippen LogP contribution is 2.11. The van der Waals surface area contributed by atoms with E-state index in [4.69, 9.17) is 0 Å². The van der Waals surface area contributed by atoms with Gasteiger partial charge < -0.3 is 10.6 Å². The zero-order chi connectivity index (χ0) is 16.0. The third-order valence-corrected chi connectivity index (χ3v) is 5.24. The minimum atomic E-state index is -2.91. The highest BCUT2D eigenvalue weighted by molar-refractivity contribution is 14.0. The van der Waals surface area contributed by atoms with Crippen LogP contribution in [0.2, 0.25) is 0 Å². The van der Waals surface area contributed by atoms with E-state index in [1.54, 1.807) is 6.07 Å². The van der Waals surface area contributed by atoms with Crippen LogP contribution in [0.15, 0.2) is 29.3 Å². The van der Waals surface area contributed by atoms with E-state index in [1.807, 2.05) is 13.0 Å². The normalized spacial score (nSPS) is 19.9. The van der Waals surface area contributed by atoms with Gasteiger partial charge in [-0.3, -0.25) is 4.99 Å². The number of hydrogen-bond acceptors (Lipinski definition) is 3. The second-order valence-electron chi connectivity index (χ2n) is 5.38. The summed E-state index contributed by atoms with van der Waals surface area (Å²) in [5, 5.41) is 6.26. The molecule has 2 N–H and O–H groups in total. The molecular weight excluding hydrogens is 432 g/mol. The summed E-state index contributed by atoms with van der Waals surface area (Å²) < 4.78 is 36.1. The van der Waals surface area contributed by atoms with E-state index in [1.165, 1.54) is 12.1 Å². The van der Waals surface area contributed by atoms with Crippen molar-refractivity contribution in [3.05, 3.63) is 35.6 Å². The van der Waals surface area contributed by atoms with Crippen LogP contribution in [0.1, 0.15) is 18.9 Å². The lowest BCUT2D eigenvalue weighted by Crippen LogP contribution is -2.44. The molecule has 0 saturated carbocycles. The van der Waals surface area contributed by atoms with Crippen LogP contribution < -0.4 is 10.6 Å². The van der Waals surface area contributed by atoms with Crippen LogP contribution in [0.3, 0.4) is 0 Å². The summed E-state index contributed by atoms with van der Waals surface area (Å²) in [6.07, 6.45) is 1.24. The molecule has 1 unspecified atom stereocenters. The molecule has 0 amide bonds. The fourth-order valence-electron chi connectivity index (χ4n) is 2.41. The zero-order valence-electron chi connectivity index (χ0n) is 13.1. The number of aliphatic imine (C=N–C) groups is 1. The van der Waals surface area contributed by atoms with Gasteiger partial charge in [0.15, 0.2) is 15.8 Å². The summed E-state index contributed by atoms with van der Waals surface area (Å²) in [6, 6.07) is 6.37. The van der Waals surface area contributed by atoms with Crippen LogP contribution in [-0.2, 0) is 16.3 Å². The summed E-state index contributed by atoms with van der Waals surface area (Å²) in [7, 11) is -2.91. The molecule has 1 aliphatic heterocycles. The molecule has 0 spiro atoms. The molecular formula is C15H23FIN3O2S. The third-order valence-electron chi connectivity index (χ3n) is 3.48. The zero-order valence-corrected chi connectivity index (χ0v) is 16.2. The molecule has 23 heavy (non-hydrogen) atoms. The van der Waals surface area contributed by atoms with Crippen molar-refractivity contribution >= 4 is 39.8 Å². The molecule has 2 rings (SSSR count). The first-order valence-corrected chi connectivity index (χ1v) is 9.30. The summed E-state index contributed by atoms with van der Waals surface area (Å²) in [5.74, 6) is 0.748. The standard InChI is InChI=1S/C15H22FN3O2S.HI/c1-2-17-15(19-14-7-9-22(20,21)11-14)18-8-6-12-4-3-5-13(16)10-12;/h3-5,10,14H,2,6-9,11H2,1H3,(H2,17,18,19);1H. The van der Waals surface area contributed by atoms with Gasteiger partial charge in [-0.25, -0.2) is 12.8 Å². The average Bonchev–Trinajstić information content (AvgIpc) is 2.78. The third kappa shape index (κ3) is 7.03. The summed E-state index contributed by atoms with van der Waals surface area (Å²) in [5.41, 5.74) is 0.892. The second kappa shape index (κ2) is 9.41. The molecule has 8 heteroatoms. The van der Waals surface area contributed by atoms with Crippen molar-refractivity contribution < 1.29 is 12.8 Å². The fraction of sp³-hybridized carbons (Fsp3) is 0.533. The van der Waals surface area contributed by atoms with Crippen molar-refractivity contribution in [2.75, 3.05) is 24.6 Å². The summed E-state index contributed by atoms with van der Waals surface area (Å²) in [4.78, 5) is 4.43. The Hall–Kier alpha value is -0.900. The van der Waals surface area contributed by atoms with E-state index in [-0.39, 0.29) is 47.3 Å². The van der Waals surface area contributed by atoms with Crippen LogP contribution in [-0.4, -0.2) is 45.0 Å². The summed E-state index contributed by atoms with van der Waals surface area (Å²) in [6.45, 7) is 3.17. The van der Waals surface area contributed by atoms with Gasteiger partial charge in [0, 0.05) is 19.1 Å². The molecule has 0 radical (unpaired) electrons. The SMILES string of the molecule is CCNC(=NCCc1cccc(F)c1)NC1CCS(=O)(=O)C1.I. The van der Waals surface area contributed by atoms with Gasteiger partial charge in [0.1, 0.15) is 5.82 Å². The van der Waals surface area contributed by atoms with Crippen LogP contribution in [0.25, 0.3) is 0 Å². The van der Waals surface area contributed by atoms with Crippen LogP contribution in [0.5, 0.6) is 0 Å². The van der Waals surface area contributed by atoms with E-state index in [2.05, 4.69) is 15.6 Å². The Morgan fingerprint density at radius 2 is 2.22 bits per heavy atom. The van der Waals surface area contributed by atoms with Gasteiger partial charge in [0.05, 0.1) is 11.5 Å². The summed E-state index contributed by atoms with van der Waals surface area (Å²) >= 11 is 0. The van der Waals surface area contributed by atoms with E-state index < -0.39 is 9.84 Å². The average molecular weight is 455 g/mol. The van der Waals surface area contributed by atoms with Crippen molar-refractivity contribution in [2.45, 2.75) is 25.8 Å². The quantitative estimate of drug-likeness (QED) is 0.403. The first-order chi connectivity index (χ1) is 10.5. The van der Waals surface area contributed by atoms with E-state index in [0.29, 0.717) is 31.9 Å². The molecule has 1 atom stereocenters. The van der Waals surface area contributed by atoms with Gasteiger partial charge in [0.2, 0.25) is 0 Å². The van der Waals surface area contributed by atoms with Crippen LogP contribution in [0.4, 0.5) is 4.39 Å². The topological polar surface area (TPSA) is 70.6 Å². The maximum atomic E-state index is 13.1. The molecule has 0 aromatic heterocycles. The van der Waals surface area contributed by atoms with Crippen LogP contribution >= 0.6 is 24.0 Å². The van der Waals surface area contributed by atoms with Crippen molar-refractivity contribution in [1.82, 2.24) is 10.6 Å². The van der Waals surface area contributed by atoms with Gasteiger partial charge in [0.25, 0.3) is 0 Å². The number of benzene rings is 1. The van der Waals surface area contributed by atoms with Gasteiger partial charge in [-0.15, -0.1) is 24.0 Å². The lowest BCUT2D eigenvalue weighted by Gasteiger charge is -2.15. The van der Waals surface area contributed by atoms with Crippen molar-refractivity contribution in [3.8, 4) is 0 Å². The number of nitrogens with one attached hydrogen (secondary N) is 2. The fourth-order valence-corrected chi connectivity index (χ4v) is 4.08. The largest absolute Gasteiger partial charge is 0.357 e. The number of hydrogen-bond donors (Lipinski definition) is 2. The molecule has 1 heterocycles. The molecule has 1 aliphatic rings. The van der Waals surface area contributed by atoms with Gasteiger partial charge in [-0.2, -0.15) is 0 Å². The van der Waals surface area contributed by atoms with Gasteiger partial charge in [-0.1, -0.05) is 12.1 Å². The van der Waals surface area contributed by atoms with E-state index >= 15 is 0 Å². The van der Waals surface area contributed by atoms with E-state index in [0.717, 1.165) is 5.56 Å². The first kappa shape index (κ1) is 20.1. The van der Waals surface area contributed by atoms with Gasteiger partial charge >= 0.3 is 0 Å². The number of halogens is 2. The first-order valence-electron chi connectivity index (χ1n) is 7.48. The lowest BCUT2D eigenvalue weighted by atomic mass is 10.1. The molecule has 1 fully saturated rings. The Morgan fingerprint density at radius 1 is 1.43 bits per heavy atom. The smallest absolute Gasteiger partial charge is 0.191 e. The highest BCUT2D eigenvalue weighted by Gasteiger charge is 2.28.